The number of anilines is 2. The molecule has 1 heterocycles. The lowest BCUT2D eigenvalue weighted by Gasteiger charge is -2.15. The number of amides is 1. The molecule has 1 aromatic carbocycles. The van der Waals surface area contributed by atoms with Crippen LogP contribution < -0.4 is 15.4 Å². The van der Waals surface area contributed by atoms with Crippen molar-refractivity contribution < 1.29 is 9.53 Å². The molecule has 0 saturated heterocycles. The predicted octanol–water partition coefficient (Wildman–Crippen LogP) is 3.83. The molecule has 0 radical (unpaired) electrons. The standard InChI is InChI=1S/C17H22N4O2S2/c1-11(15(22)18-12-5-3-4-6-12)24-17-21-20-16(25-17)19-13-7-9-14(23-2)10-8-13/h7-12H,3-6H2,1-2H3,(H,18,22)(H,19,20)/t11-/m0/s1. The number of methoxy groups -OCH3 is 1. The van der Waals surface area contributed by atoms with E-state index in [1.165, 1.54) is 35.9 Å². The SMILES string of the molecule is COc1ccc(Nc2nnc(S[C@@H](C)C(=O)NC3CCCC3)s2)cc1. The Hall–Kier alpha value is -1.80. The Labute approximate surface area is 155 Å². The van der Waals surface area contributed by atoms with Crippen molar-refractivity contribution in [3.63, 3.8) is 0 Å². The second-order valence-electron chi connectivity index (χ2n) is 5.98. The molecule has 1 aliphatic carbocycles. The number of hydrogen-bond acceptors (Lipinski definition) is 7. The van der Waals surface area contributed by atoms with Crippen LogP contribution in [0.1, 0.15) is 32.6 Å². The molecule has 2 aromatic rings. The van der Waals surface area contributed by atoms with Crippen LogP contribution in [0.4, 0.5) is 10.8 Å². The van der Waals surface area contributed by atoms with Crippen LogP contribution >= 0.6 is 23.1 Å². The third-order valence-corrected chi connectivity index (χ3v) is 6.12. The molecule has 134 valence electrons. The predicted molar refractivity (Wildman–Crippen MR) is 102 cm³/mol. The largest absolute Gasteiger partial charge is 0.497 e. The first-order chi connectivity index (χ1) is 12.1. The Bertz CT molecular complexity index is 699. The molecule has 6 nitrogen and oxygen atoms in total. The Kier molecular flexibility index (Phi) is 6.14. The average Bonchev–Trinajstić information content (AvgIpc) is 3.27. The molecule has 25 heavy (non-hydrogen) atoms. The summed E-state index contributed by atoms with van der Waals surface area (Å²) in [5.74, 6) is 0.887. The number of thioether (sulfide) groups is 1. The summed E-state index contributed by atoms with van der Waals surface area (Å²) in [6.45, 7) is 1.91. The quantitative estimate of drug-likeness (QED) is 0.713. The summed E-state index contributed by atoms with van der Waals surface area (Å²) >= 11 is 2.89. The van der Waals surface area contributed by atoms with Crippen molar-refractivity contribution in [3.8, 4) is 5.75 Å². The lowest BCUT2D eigenvalue weighted by atomic mass is 10.2. The van der Waals surface area contributed by atoms with Gasteiger partial charge in [0, 0.05) is 11.7 Å². The summed E-state index contributed by atoms with van der Waals surface area (Å²) in [4.78, 5) is 12.3. The summed E-state index contributed by atoms with van der Waals surface area (Å²) in [6.07, 6.45) is 4.61. The summed E-state index contributed by atoms with van der Waals surface area (Å²) in [5, 5.41) is 15.2. The van der Waals surface area contributed by atoms with Crippen molar-refractivity contribution in [2.75, 3.05) is 12.4 Å². The molecule has 3 rings (SSSR count). The Balaban J connectivity index is 1.52. The minimum Gasteiger partial charge on any atom is -0.497 e. The van der Waals surface area contributed by atoms with Gasteiger partial charge in [-0.25, -0.2) is 0 Å². The highest BCUT2D eigenvalue weighted by atomic mass is 32.2. The smallest absolute Gasteiger partial charge is 0.233 e. The van der Waals surface area contributed by atoms with E-state index in [-0.39, 0.29) is 11.2 Å². The van der Waals surface area contributed by atoms with Crippen LogP contribution in [-0.2, 0) is 4.79 Å². The first kappa shape index (κ1) is 18.0. The van der Waals surface area contributed by atoms with Gasteiger partial charge in [-0.15, -0.1) is 10.2 Å². The number of aromatic nitrogens is 2. The fraction of sp³-hybridized carbons (Fsp3) is 0.471. The van der Waals surface area contributed by atoms with E-state index in [0.29, 0.717) is 11.2 Å². The number of carbonyl (C=O) groups is 1. The molecule has 1 aromatic heterocycles. The van der Waals surface area contributed by atoms with Gasteiger partial charge in [0.05, 0.1) is 12.4 Å². The Morgan fingerprint density at radius 3 is 2.68 bits per heavy atom. The van der Waals surface area contributed by atoms with Gasteiger partial charge >= 0.3 is 0 Å². The molecular weight excluding hydrogens is 356 g/mol. The second-order valence-corrected chi connectivity index (χ2v) is 8.54. The van der Waals surface area contributed by atoms with E-state index in [1.54, 1.807) is 7.11 Å². The van der Waals surface area contributed by atoms with E-state index in [2.05, 4.69) is 20.8 Å². The zero-order chi connectivity index (χ0) is 17.6. The van der Waals surface area contributed by atoms with Gasteiger partial charge < -0.3 is 15.4 Å². The van der Waals surface area contributed by atoms with Crippen LogP contribution in [-0.4, -0.2) is 34.5 Å². The van der Waals surface area contributed by atoms with E-state index in [0.717, 1.165) is 28.6 Å². The van der Waals surface area contributed by atoms with E-state index >= 15 is 0 Å². The lowest BCUT2D eigenvalue weighted by Crippen LogP contribution is -2.37. The third-order valence-electron chi connectivity index (χ3n) is 4.10. The molecule has 0 spiro atoms. The first-order valence-corrected chi connectivity index (χ1v) is 10.1. The Morgan fingerprint density at radius 1 is 1.28 bits per heavy atom. The van der Waals surface area contributed by atoms with Crippen LogP contribution in [0.2, 0.25) is 0 Å². The summed E-state index contributed by atoms with van der Waals surface area (Å²) in [5.41, 5.74) is 0.917. The zero-order valence-electron chi connectivity index (χ0n) is 14.3. The number of hydrogen-bond donors (Lipinski definition) is 2. The van der Waals surface area contributed by atoms with Crippen LogP contribution in [0.25, 0.3) is 0 Å². The van der Waals surface area contributed by atoms with Gasteiger partial charge in [0.2, 0.25) is 11.0 Å². The van der Waals surface area contributed by atoms with Crippen molar-refractivity contribution in [2.24, 2.45) is 0 Å². The molecule has 0 unspecified atom stereocenters. The molecule has 0 bridgehead atoms. The average molecular weight is 379 g/mol. The maximum atomic E-state index is 12.3. The highest BCUT2D eigenvalue weighted by molar-refractivity contribution is 8.02. The van der Waals surface area contributed by atoms with Gasteiger partial charge in [0.25, 0.3) is 0 Å². The van der Waals surface area contributed by atoms with Gasteiger partial charge in [0.15, 0.2) is 4.34 Å². The molecule has 2 N–H and O–H groups in total. The fourth-order valence-electron chi connectivity index (χ4n) is 2.70. The number of benzene rings is 1. The van der Waals surface area contributed by atoms with Crippen molar-refractivity contribution >= 4 is 39.8 Å². The van der Waals surface area contributed by atoms with E-state index < -0.39 is 0 Å². The van der Waals surface area contributed by atoms with Crippen molar-refractivity contribution in [1.29, 1.82) is 0 Å². The topological polar surface area (TPSA) is 76.1 Å². The molecule has 1 aliphatic rings. The van der Waals surface area contributed by atoms with Crippen molar-refractivity contribution in [2.45, 2.75) is 48.2 Å². The molecular formula is C17H22N4O2S2. The number of ether oxygens (including phenoxy) is 1. The van der Waals surface area contributed by atoms with Gasteiger partial charge in [0.1, 0.15) is 5.75 Å². The monoisotopic (exact) mass is 378 g/mol. The number of nitrogens with zero attached hydrogens (tertiary/aromatic N) is 2. The first-order valence-electron chi connectivity index (χ1n) is 8.35. The Morgan fingerprint density at radius 2 is 2.00 bits per heavy atom. The highest BCUT2D eigenvalue weighted by Crippen LogP contribution is 2.31. The minimum atomic E-state index is -0.178. The molecule has 1 atom stereocenters. The van der Waals surface area contributed by atoms with Gasteiger partial charge in [-0.3, -0.25) is 4.79 Å². The fourth-order valence-corrected chi connectivity index (χ4v) is 4.62. The van der Waals surface area contributed by atoms with Crippen LogP contribution in [0.15, 0.2) is 28.6 Å². The maximum absolute atomic E-state index is 12.3. The maximum Gasteiger partial charge on any atom is 0.233 e. The summed E-state index contributed by atoms with van der Waals surface area (Å²) < 4.78 is 5.93. The zero-order valence-corrected chi connectivity index (χ0v) is 16.0. The molecule has 0 aliphatic heterocycles. The van der Waals surface area contributed by atoms with E-state index in [9.17, 15) is 4.79 Å². The molecule has 1 amide bonds. The minimum absolute atomic E-state index is 0.0803. The van der Waals surface area contributed by atoms with Crippen molar-refractivity contribution in [3.05, 3.63) is 24.3 Å². The lowest BCUT2D eigenvalue weighted by molar-refractivity contribution is -0.120. The third kappa shape index (κ3) is 5.09. The highest BCUT2D eigenvalue weighted by Gasteiger charge is 2.22. The van der Waals surface area contributed by atoms with Crippen LogP contribution in [0.3, 0.4) is 0 Å². The molecule has 1 saturated carbocycles. The summed E-state index contributed by atoms with van der Waals surface area (Å²) in [7, 11) is 1.64. The van der Waals surface area contributed by atoms with E-state index in [1.807, 2.05) is 31.2 Å². The number of nitrogens with one attached hydrogen (secondary N) is 2. The molecule has 1 fully saturated rings. The normalized spacial score (nSPS) is 15.8. The van der Waals surface area contributed by atoms with Gasteiger partial charge in [-0.05, 0) is 44.0 Å². The van der Waals surface area contributed by atoms with Gasteiger partial charge in [-0.2, -0.15) is 0 Å². The van der Waals surface area contributed by atoms with Gasteiger partial charge in [-0.1, -0.05) is 35.9 Å². The van der Waals surface area contributed by atoms with Crippen molar-refractivity contribution in [1.82, 2.24) is 15.5 Å². The van der Waals surface area contributed by atoms with Crippen LogP contribution in [0.5, 0.6) is 5.75 Å². The van der Waals surface area contributed by atoms with E-state index in [4.69, 9.17) is 4.74 Å². The van der Waals surface area contributed by atoms with Crippen LogP contribution in [0, 0.1) is 0 Å². The number of carbonyl (C=O) groups excluding carboxylic acids is 1. The number of rotatable bonds is 7. The second kappa shape index (κ2) is 8.53. The molecule has 8 heteroatoms. The summed E-state index contributed by atoms with van der Waals surface area (Å²) in [6, 6.07) is 7.95.